The topological polar surface area (TPSA) is 46.2 Å². The molecule has 1 aliphatic rings. The van der Waals surface area contributed by atoms with E-state index in [1.54, 1.807) is 6.26 Å². The lowest BCUT2D eigenvalue weighted by atomic mass is 9.93. The summed E-state index contributed by atoms with van der Waals surface area (Å²) in [5.74, 6) is 0.868. The molecule has 168 valence electrons. The molecule has 7 heteroatoms. The van der Waals surface area contributed by atoms with Crippen LogP contribution in [0, 0.1) is 20.8 Å². The summed E-state index contributed by atoms with van der Waals surface area (Å²) in [6, 6.07) is 17.7. The molecule has 0 radical (unpaired) electrons. The van der Waals surface area contributed by atoms with Gasteiger partial charge in [0.1, 0.15) is 5.76 Å². The molecule has 1 fully saturated rings. The highest BCUT2D eigenvalue weighted by Gasteiger charge is 2.42. The Kier molecular flexibility index (Phi) is 5.72. The van der Waals surface area contributed by atoms with Crippen molar-refractivity contribution in [3.8, 4) is 5.69 Å². The minimum atomic E-state index is -0.0827. The van der Waals surface area contributed by atoms with Crippen molar-refractivity contribution in [2.24, 2.45) is 0 Å². The Morgan fingerprint density at radius 2 is 1.91 bits per heavy atom. The summed E-state index contributed by atoms with van der Waals surface area (Å²) in [5.41, 5.74) is 6.82. The molecule has 2 atom stereocenters. The number of aromatic nitrogens is 2. The Morgan fingerprint density at radius 1 is 1.06 bits per heavy atom. The van der Waals surface area contributed by atoms with E-state index in [-0.39, 0.29) is 12.1 Å². The molecule has 4 aromatic rings. The van der Waals surface area contributed by atoms with Gasteiger partial charge in [-0.05, 0) is 81.0 Å². The van der Waals surface area contributed by atoms with Crippen LogP contribution in [0.15, 0.2) is 71.5 Å². The number of pyridine rings is 1. The summed E-state index contributed by atoms with van der Waals surface area (Å²) in [6.45, 7) is 7.08. The summed E-state index contributed by atoms with van der Waals surface area (Å²) < 4.78 is 7.95. The van der Waals surface area contributed by atoms with Crippen LogP contribution in [0.5, 0.6) is 0 Å². The maximum atomic E-state index is 6.33. The van der Waals surface area contributed by atoms with Crippen molar-refractivity contribution in [2.45, 2.75) is 39.4 Å². The average Bonchev–Trinajstić information content (AvgIpc) is 3.49. The van der Waals surface area contributed by atoms with Crippen LogP contribution in [0.2, 0.25) is 5.02 Å². The summed E-state index contributed by atoms with van der Waals surface area (Å²) >= 11 is 12.2. The molecule has 5 rings (SSSR count). The van der Waals surface area contributed by atoms with Crippen LogP contribution in [-0.4, -0.2) is 19.6 Å². The number of benzene rings is 1. The highest BCUT2D eigenvalue weighted by molar-refractivity contribution is 7.80. The molecule has 5 nitrogen and oxygen atoms in total. The van der Waals surface area contributed by atoms with Crippen molar-refractivity contribution in [2.75, 3.05) is 0 Å². The van der Waals surface area contributed by atoms with Crippen LogP contribution in [-0.2, 0) is 6.54 Å². The van der Waals surface area contributed by atoms with Gasteiger partial charge >= 0.3 is 0 Å². The second kappa shape index (κ2) is 8.69. The van der Waals surface area contributed by atoms with Gasteiger partial charge < -0.3 is 19.2 Å². The molecule has 0 saturated carbocycles. The molecule has 0 aliphatic carbocycles. The summed E-state index contributed by atoms with van der Waals surface area (Å²) in [4.78, 5) is 6.88. The minimum Gasteiger partial charge on any atom is -0.467 e. The third-order valence-electron chi connectivity index (χ3n) is 6.47. The fourth-order valence-corrected chi connectivity index (χ4v) is 5.39. The highest BCUT2D eigenvalue weighted by Crippen LogP contribution is 2.44. The largest absolute Gasteiger partial charge is 0.467 e. The Hall–Kier alpha value is -3.09. The first kappa shape index (κ1) is 21.7. The van der Waals surface area contributed by atoms with Gasteiger partial charge in [0.15, 0.2) is 5.11 Å². The number of nitrogens with zero attached hydrogens (tertiary/aromatic N) is 3. The Morgan fingerprint density at radius 3 is 2.61 bits per heavy atom. The quantitative estimate of drug-likeness (QED) is 0.346. The van der Waals surface area contributed by atoms with E-state index in [0.717, 1.165) is 22.8 Å². The van der Waals surface area contributed by atoms with Gasteiger partial charge in [-0.25, -0.2) is 0 Å². The van der Waals surface area contributed by atoms with Gasteiger partial charge in [0.05, 0.1) is 30.6 Å². The number of hydrogen-bond donors (Lipinski definition) is 1. The molecular weight excluding hydrogens is 452 g/mol. The zero-order valence-corrected chi connectivity index (χ0v) is 20.3. The van der Waals surface area contributed by atoms with Gasteiger partial charge in [-0.2, -0.15) is 0 Å². The predicted molar refractivity (Wildman–Crippen MR) is 135 cm³/mol. The normalized spacial score (nSPS) is 18.1. The van der Waals surface area contributed by atoms with Crippen LogP contribution in [0.25, 0.3) is 5.69 Å². The smallest absolute Gasteiger partial charge is 0.170 e. The third kappa shape index (κ3) is 3.83. The lowest BCUT2D eigenvalue weighted by Crippen LogP contribution is -2.29. The van der Waals surface area contributed by atoms with E-state index in [4.69, 9.17) is 28.2 Å². The summed E-state index contributed by atoms with van der Waals surface area (Å²) in [7, 11) is 0. The van der Waals surface area contributed by atoms with E-state index in [0.29, 0.717) is 16.7 Å². The molecule has 0 bridgehead atoms. The zero-order chi connectivity index (χ0) is 23.1. The zero-order valence-electron chi connectivity index (χ0n) is 18.7. The number of nitrogens with one attached hydrogen (secondary N) is 1. The van der Waals surface area contributed by atoms with E-state index in [1.165, 1.54) is 16.8 Å². The van der Waals surface area contributed by atoms with Crippen molar-refractivity contribution in [3.63, 3.8) is 0 Å². The molecule has 0 spiro atoms. The first-order valence-corrected chi connectivity index (χ1v) is 11.7. The van der Waals surface area contributed by atoms with Crippen LogP contribution in [0.1, 0.15) is 46.1 Å². The van der Waals surface area contributed by atoms with Crippen LogP contribution in [0.3, 0.4) is 0 Å². The number of halogens is 1. The predicted octanol–water partition coefficient (Wildman–Crippen LogP) is 6.22. The van der Waals surface area contributed by atoms with Gasteiger partial charge in [0, 0.05) is 33.9 Å². The van der Waals surface area contributed by atoms with E-state index < -0.39 is 0 Å². The Balaban J connectivity index is 1.67. The van der Waals surface area contributed by atoms with Crippen LogP contribution in [0.4, 0.5) is 0 Å². The Bertz CT molecular complexity index is 1300. The van der Waals surface area contributed by atoms with Crippen LogP contribution >= 0.6 is 23.8 Å². The van der Waals surface area contributed by atoms with Gasteiger partial charge in [-0.15, -0.1) is 0 Å². The lowest BCUT2D eigenvalue weighted by Gasteiger charge is -2.28. The van der Waals surface area contributed by atoms with Crippen molar-refractivity contribution in [1.29, 1.82) is 0 Å². The van der Waals surface area contributed by atoms with Gasteiger partial charge in [0.2, 0.25) is 0 Å². The molecule has 1 aliphatic heterocycles. The second-order valence-electron chi connectivity index (χ2n) is 8.36. The lowest BCUT2D eigenvalue weighted by molar-refractivity contribution is 0.285. The molecule has 0 amide bonds. The molecule has 1 aromatic carbocycles. The van der Waals surface area contributed by atoms with Gasteiger partial charge in [-0.3, -0.25) is 4.98 Å². The number of furan rings is 1. The fourth-order valence-electron chi connectivity index (χ4n) is 4.90. The SMILES string of the molecule is Cc1c([C@@H]2[C@@H](c3ccccn3)NC(=S)N2Cc2ccco2)c(C)n(-c2cccc(Cl)c2)c1C. The number of thiocarbonyl (C=S) groups is 1. The minimum absolute atomic E-state index is 0.0448. The highest BCUT2D eigenvalue weighted by atomic mass is 35.5. The first-order chi connectivity index (χ1) is 16.0. The maximum Gasteiger partial charge on any atom is 0.170 e. The fraction of sp³-hybridized carbons (Fsp3) is 0.231. The second-order valence-corrected chi connectivity index (χ2v) is 9.18. The maximum absolute atomic E-state index is 6.33. The number of hydrogen-bond acceptors (Lipinski definition) is 3. The van der Waals surface area contributed by atoms with Gasteiger partial charge in [-0.1, -0.05) is 23.7 Å². The van der Waals surface area contributed by atoms with E-state index in [1.807, 2.05) is 48.7 Å². The number of rotatable bonds is 5. The van der Waals surface area contributed by atoms with Crippen LogP contribution < -0.4 is 5.32 Å². The van der Waals surface area contributed by atoms with E-state index in [2.05, 4.69) is 52.7 Å². The molecule has 0 unspecified atom stereocenters. The average molecular weight is 477 g/mol. The Labute approximate surface area is 204 Å². The van der Waals surface area contributed by atoms with Crippen molar-refractivity contribution >= 4 is 28.9 Å². The molecule has 1 saturated heterocycles. The van der Waals surface area contributed by atoms with E-state index in [9.17, 15) is 0 Å². The third-order valence-corrected chi connectivity index (χ3v) is 7.06. The molecular formula is C26H25ClN4OS. The molecule has 3 aromatic heterocycles. The van der Waals surface area contributed by atoms with Crippen molar-refractivity contribution in [1.82, 2.24) is 19.8 Å². The molecule has 33 heavy (non-hydrogen) atoms. The van der Waals surface area contributed by atoms with E-state index >= 15 is 0 Å². The monoisotopic (exact) mass is 476 g/mol. The summed E-state index contributed by atoms with van der Waals surface area (Å²) in [5, 5.41) is 4.95. The first-order valence-electron chi connectivity index (χ1n) is 10.9. The summed E-state index contributed by atoms with van der Waals surface area (Å²) in [6.07, 6.45) is 3.53. The molecule has 4 heterocycles. The van der Waals surface area contributed by atoms with Gasteiger partial charge in [0.25, 0.3) is 0 Å². The van der Waals surface area contributed by atoms with Crippen molar-refractivity contribution in [3.05, 3.63) is 106 Å². The standard InChI is InChI=1S/C26H25ClN4OS/c1-16-17(2)31(20-9-6-8-19(27)14-20)18(3)23(16)25-24(22-11-4-5-12-28-22)29-26(33)30(25)15-21-10-7-13-32-21/h4-14,24-25H,15H2,1-3H3,(H,29,33)/t24-,25-/m1/s1. The molecule has 1 N–H and O–H groups in total. The van der Waals surface area contributed by atoms with Crippen molar-refractivity contribution < 1.29 is 4.42 Å².